The van der Waals surface area contributed by atoms with Gasteiger partial charge >= 0.3 is 0 Å². The molecule has 0 heterocycles. The molecule has 0 radical (unpaired) electrons. The number of carbonyl (C=O) groups excluding carboxylic acids is 2. The Bertz CT molecular complexity index is 876. The fourth-order valence-corrected chi connectivity index (χ4v) is 3.05. The van der Waals surface area contributed by atoms with Gasteiger partial charge in [-0.15, -0.1) is 0 Å². The number of nitrogens with one attached hydrogen (secondary N) is 2. The molecule has 126 valence electrons. The zero-order valence-electron chi connectivity index (χ0n) is 13.4. The predicted octanol–water partition coefficient (Wildman–Crippen LogP) is 2.34. The van der Waals surface area contributed by atoms with Gasteiger partial charge in [0.2, 0.25) is 5.91 Å². The summed E-state index contributed by atoms with van der Waals surface area (Å²) in [5, 5.41) is 5.46. The number of anilines is 2. The molecule has 1 amide bonds. The second kappa shape index (κ2) is 7.27. The molecule has 0 aromatic heterocycles. The van der Waals surface area contributed by atoms with E-state index < -0.39 is 15.7 Å². The Kier molecular flexibility index (Phi) is 5.35. The lowest BCUT2D eigenvalue weighted by atomic mass is 10.1. The lowest BCUT2D eigenvalue weighted by Crippen LogP contribution is -2.23. The maximum atomic E-state index is 12.1. The van der Waals surface area contributed by atoms with E-state index in [1.807, 2.05) is 0 Å². The summed E-state index contributed by atoms with van der Waals surface area (Å²) in [7, 11) is -3.44. The molecule has 24 heavy (non-hydrogen) atoms. The molecule has 0 unspecified atom stereocenters. The minimum Gasteiger partial charge on any atom is -0.376 e. The van der Waals surface area contributed by atoms with Crippen LogP contribution in [0.1, 0.15) is 17.3 Å². The number of sulfone groups is 1. The van der Waals surface area contributed by atoms with Crippen molar-refractivity contribution in [2.24, 2.45) is 0 Å². The first kappa shape index (κ1) is 17.7. The number of amides is 1. The average molecular weight is 346 g/mol. The molecule has 0 aliphatic carbocycles. The highest BCUT2D eigenvalue weighted by Crippen LogP contribution is 2.20. The smallest absolute Gasteiger partial charge is 0.243 e. The third kappa shape index (κ3) is 4.42. The lowest BCUT2D eigenvalue weighted by Gasteiger charge is -2.12. The summed E-state index contributed by atoms with van der Waals surface area (Å²) < 4.78 is 23.5. The highest BCUT2D eigenvalue weighted by Gasteiger charge is 2.14. The first-order chi connectivity index (χ1) is 11.3. The van der Waals surface area contributed by atoms with Crippen LogP contribution in [0.15, 0.2) is 53.4 Å². The molecule has 0 atom stereocenters. The van der Waals surface area contributed by atoms with E-state index in [4.69, 9.17) is 0 Å². The van der Waals surface area contributed by atoms with Crippen molar-refractivity contribution in [3.8, 4) is 0 Å². The van der Waals surface area contributed by atoms with Crippen molar-refractivity contribution in [2.45, 2.75) is 11.8 Å². The number of rotatable bonds is 6. The largest absolute Gasteiger partial charge is 0.376 e. The van der Waals surface area contributed by atoms with Gasteiger partial charge in [-0.2, -0.15) is 0 Å². The van der Waals surface area contributed by atoms with Gasteiger partial charge in [-0.1, -0.05) is 24.3 Å². The van der Waals surface area contributed by atoms with Gasteiger partial charge in [-0.05, 0) is 31.2 Å². The number of Topliss-reactive ketones (excluding diaryl/α,β-unsaturated/α-hetero) is 1. The molecule has 6 nitrogen and oxygen atoms in total. The molecule has 0 bridgehead atoms. The third-order valence-corrected chi connectivity index (χ3v) is 4.46. The molecule has 7 heteroatoms. The van der Waals surface area contributed by atoms with Gasteiger partial charge < -0.3 is 10.6 Å². The van der Waals surface area contributed by atoms with E-state index in [-0.39, 0.29) is 22.9 Å². The van der Waals surface area contributed by atoms with E-state index in [9.17, 15) is 18.0 Å². The highest BCUT2D eigenvalue weighted by atomic mass is 32.2. The molecule has 2 rings (SSSR count). The Morgan fingerprint density at radius 2 is 1.54 bits per heavy atom. The molecule has 2 aromatic carbocycles. The van der Waals surface area contributed by atoms with Gasteiger partial charge in [-0.25, -0.2) is 8.42 Å². The maximum absolute atomic E-state index is 12.1. The fraction of sp³-hybridized carbons (Fsp3) is 0.176. The van der Waals surface area contributed by atoms with Crippen LogP contribution in [-0.4, -0.2) is 32.9 Å². The van der Waals surface area contributed by atoms with Crippen LogP contribution < -0.4 is 10.6 Å². The molecule has 0 aliphatic rings. The number of ketones is 1. The van der Waals surface area contributed by atoms with Gasteiger partial charge in [0.15, 0.2) is 15.6 Å². The number of carbonyl (C=O) groups is 2. The molecule has 2 N–H and O–H groups in total. The monoisotopic (exact) mass is 346 g/mol. The van der Waals surface area contributed by atoms with E-state index in [0.29, 0.717) is 11.3 Å². The van der Waals surface area contributed by atoms with Crippen molar-refractivity contribution in [3.05, 3.63) is 54.1 Å². The standard InChI is InChI=1S/C17H18N2O4S/c1-12(20)13-7-3-4-8-14(13)18-11-17(21)19-15-9-5-6-10-16(15)24(2,22)23/h3-10,18H,11H2,1-2H3,(H,19,21). The quantitative estimate of drug-likeness (QED) is 0.783. The van der Waals surface area contributed by atoms with Gasteiger partial charge in [0.25, 0.3) is 0 Å². The zero-order chi connectivity index (χ0) is 17.7. The number of para-hydroxylation sites is 2. The molecule has 2 aromatic rings. The molecule has 0 spiro atoms. The van der Waals surface area contributed by atoms with Crippen LogP contribution in [0.2, 0.25) is 0 Å². The summed E-state index contributed by atoms with van der Waals surface area (Å²) >= 11 is 0. The number of hydrogen-bond donors (Lipinski definition) is 2. The average Bonchev–Trinajstić information content (AvgIpc) is 2.52. The van der Waals surface area contributed by atoms with Gasteiger partial charge in [-0.3, -0.25) is 9.59 Å². The van der Waals surface area contributed by atoms with E-state index in [1.54, 1.807) is 36.4 Å². The van der Waals surface area contributed by atoms with Gasteiger partial charge in [0, 0.05) is 17.5 Å². The SMILES string of the molecule is CC(=O)c1ccccc1NCC(=O)Nc1ccccc1S(C)(=O)=O. The predicted molar refractivity (Wildman–Crippen MR) is 93.1 cm³/mol. The van der Waals surface area contributed by atoms with E-state index in [2.05, 4.69) is 10.6 Å². The Morgan fingerprint density at radius 3 is 2.17 bits per heavy atom. The number of benzene rings is 2. The molecular weight excluding hydrogens is 328 g/mol. The van der Waals surface area contributed by atoms with Crippen molar-refractivity contribution >= 4 is 32.9 Å². The zero-order valence-corrected chi connectivity index (χ0v) is 14.2. The summed E-state index contributed by atoms with van der Waals surface area (Å²) in [5.74, 6) is -0.523. The normalized spacial score (nSPS) is 10.9. The van der Waals surface area contributed by atoms with E-state index in [0.717, 1.165) is 6.26 Å². The summed E-state index contributed by atoms with van der Waals surface area (Å²) in [4.78, 5) is 23.7. The topological polar surface area (TPSA) is 92.3 Å². The van der Waals surface area contributed by atoms with Crippen LogP contribution in [-0.2, 0) is 14.6 Å². The Hall–Kier alpha value is -2.67. The van der Waals surface area contributed by atoms with Crippen LogP contribution in [0.25, 0.3) is 0 Å². The van der Waals surface area contributed by atoms with Crippen LogP contribution in [0, 0.1) is 0 Å². The van der Waals surface area contributed by atoms with Crippen LogP contribution >= 0.6 is 0 Å². The first-order valence-corrected chi connectivity index (χ1v) is 9.11. The summed E-state index contributed by atoms with van der Waals surface area (Å²) in [6.07, 6.45) is 1.08. The highest BCUT2D eigenvalue weighted by molar-refractivity contribution is 7.90. The maximum Gasteiger partial charge on any atom is 0.243 e. The minimum atomic E-state index is -3.44. The molecule has 0 saturated heterocycles. The van der Waals surface area contributed by atoms with Crippen molar-refractivity contribution in [2.75, 3.05) is 23.4 Å². The Labute approximate surface area is 140 Å². The second-order valence-electron chi connectivity index (χ2n) is 5.27. The van der Waals surface area contributed by atoms with Gasteiger partial charge in [0.1, 0.15) is 0 Å². The van der Waals surface area contributed by atoms with Crippen LogP contribution in [0.5, 0.6) is 0 Å². The molecule has 0 fully saturated rings. The summed E-state index contributed by atoms with van der Waals surface area (Å²) in [6.45, 7) is 1.35. The molecule has 0 aliphatic heterocycles. The van der Waals surface area contributed by atoms with Crippen molar-refractivity contribution < 1.29 is 18.0 Å². The van der Waals surface area contributed by atoms with E-state index in [1.165, 1.54) is 19.1 Å². The fourth-order valence-electron chi connectivity index (χ4n) is 2.21. The molecular formula is C17H18N2O4S. The van der Waals surface area contributed by atoms with E-state index >= 15 is 0 Å². The van der Waals surface area contributed by atoms with Crippen LogP contribution in [0.4, 0.5) is 11.4 Å². The van der Waals surface area contributed by atoms with Crippen molar-refractivity contribution in [1.82, 2.24) is 0 Å². The van der Waals surface area contributed by atoms with Crippen molar-refractivity contribution in [3.63, 3.8) is 0 Å². The van der Waals surface area contributed by atoms with Crippen LogP contribution in [0.3, 0.4) is 0 Å². The lowest BCUT2D eigenvalue weighted by molar-refractivity contribution is -0.114. The Morgan fingerprint density at radius 1 is 0.958 bits per heavy atom. The first-order valence-electron chi connectivity index (χ1n) is 7.22. The summed E-state index contributed by atoms with van der Waals surface area (Å²) in [5.41, 5.74) is 1.27. The van der Waals surface area contributed by atoms with Gasteiger partial charge in [0.05, 0.1) is 17.1 Å². The number of hydrogen-bond acceptors (Lipinski definition) is 5. The molecule has 0 saturated carbocycles. The second-order valence-corrected chi connectivity index (χ2v) is 7.26. The third-order valence-electron chi connectivity index (χ3n) is 3.31. The summed E-state index contributed by atoms with van der Waals surface area (Å²) in [6, 6.07) is 13.1. The Balaban J connectivity index is 2.10. The minimum absolute atomic E-state index is 0.0579. The van der Waals surface area contributed by atoms with Crippen molar-refractivity contribution in [1.29, 1.82) is 0 Å².